The van der Waals surface area contributed by atoms with Gasteiger partial charge in [0.1, 0.15) is 11.8 Å². The van der Waals surface area contributed by atoms with Crippen molar-refractivity contribution in [2.75, 3.05) is 31.1 Å². The Morgan fingerprint density at radius 3 is 2.87 bits per heavy atom. The molecule has 0 bridgehead atoms. The number of halogens is 2. The van der Waals surface area contributed by atoms with Crippen LogP contribution >= 0.6 is 0 Å². The van der Waals surface area contributed by atoms with Gasteiger partial charge in [0.15, 0.2) is 0 Å². The summed E-state index contributed by atoms with van der Waals surface area (Å²) in [6.07, 6.45) is 0.447. The molecular weight excluding hydrogens is 304 g/mol. The number of pyridine rings is 1. The lowest BCUT2D eigenvalue weighted by Crippen LogP contribution is -2.48. The Bertz CT molecular complexity index is 562. The SMILES string of the molecule is C[C@H]1CN(C(=O)C2CCN(CC(F)F)CC2)c2cccnc2O1. The number of aromatic nitrogens is 1. The zero-order valence-corrected chi connectivity index (χ0v) is 13.1. The second kappa shape index (κ2) is 6.78. The number of rotatable bonds is 3. The van der Waals surface area contributed by atoms with Gasteiger partial charge in [-0.2, -0.15) is 0 Å². The number of ether oxygens (including phenoxy) is 1. The molecule has 0 aromatic carbocycles. The van der Waals surface area contributed by atoms with E-state index < -0.39 is 6.43 Å². The van der Waals surface area contributed by atoms with Gasteiger partial charge in [-0.15, -0.1) is 0 Å². The molecule has 3 rings (SSSR count). The number of amides is 1. The van der Waals surface area contributed by atoms with Crippen molar-refractivity contribution in [1.82, 2.24) is 9.88 Å². The van der Waals surface area contributed by atoms with E-state index in [4.69, 9.17) is 4.74 Å². The number of nitrogens with zero attached hydrogens (tertiary/aromatic N) is 3. The predicted octanol–water partition coefficient (Wildman–Crippen LogP) is 2.17. The van der Waals surface area contributed by atoms with Crippen molar-refractivity contribution in [2.24, 2.45) is 5.92 Å². The summed E-state index contributed by atoms with van der Waals surface area (Å²) >= 11 is 0. The molecule has 23 heavy (non-hydrogen) atoms. The highest BCUT2D eigenvalue weighted by atomic mass is 19.3. The minimum Gasteiger partial charge on any atom is -0.471 e. The minimum absolute atomic E-state index is 0.0473. The fourth-order valence-electron chi connectivity index (χ4n) is 3.25. The molecule has 0 saturated carbocycles. The third-order valence-electron chi connectivity index (χ3n) is 4.39. The van der Waals surface area contributed by atoms with E-state index in [1.165, 1.54) is 0 Å². The van der Waals surface area contributed by atoms with E-state index in [0.29, 0.717) is 44.0 Å². The highest BCUT2D eigenvalue weighted by Gasteiger charge is 2.34. The quantitative estimate of drug-likeness (QED) is 0.854. The number of hydrogen-bond acceptors (Lipinski definition) is 4. The van der Waals surface area contributed by atoms with E-state index in [9.17, 15) is 13.6 Å². The number of hydrogen-bond donors (Lipinski definition) is 0. The number of fused-ring (bicyclic) bond motifs is 1. The fourth-order valence-corrected chi connectivity index (χ4v) is 3.25. The normalized spacial score (nSPS) is 22.8. The Hall–Kier alpha value is -1.76. The average molecular weight is 325 g/mol. The number of anilines is 1. The van der Waals surface area contributed by atoms with Crippen molar-refractivity contribution in [1.29, 1.82) is 0 Å². The third kappa shape index (κ3) is 3.60. The second-order valence-electron chi connectivity index (χ2n) is 6.17. The van der Waals surface area contributed by atoms with Crippen molar-refractivity contribution in [3.63, 3.8) is 0 Å². The number of carbonyl (C=O) groups is 1. The molecule has 7 heteroatoms. The van der Waals surface area contributed by atoms with Gasteiger partial charge in [0.05, 0.1) is 13.1 Å². The first-order valence-electron chi connectivity index (χ1n) is 7.98. The first-order chi connectivity index (χ1) is 11.0. The van der Waals surface area contributed by atoms with Crippen LogP contribution in [0.15, 0.2) is 18.3 Å². The van der Waals surface area contributed by atoms with Gasteiger partial charge in [0.25, 0.3) is 6.43 Å². The molecular formula is C16H21F2N3O2. The first kappa shape index (κ1) is 16.1. The summed E-state index contributed by atoms with van der Waals surface area (Å²) in [7, 11) is 0. The largest absolute Gasteiger partial charge is 0.471 e. The van der Waals surface area contributed by atoms with E-state index in [1.54, 1.807) is 22.1 Å². The van der Waals surface area contributed by atoms with Gasteiger partial charge in [0, 0.05) is 12.1 Å². The second-order valence-corrected chi connectivity index (χ2v) is 6.17. The van der Waals surface area contributed by atoms with Crippen LogP contribution in [-0.4, -0.2) is 54.5 Å². The topological polar surface area (TPSA) is 45.7 Å². The molecule has 0 N–H and O–H groups in total. The summed E-state index contributed by atoms with van der Waals surface area (Å²) in [4.78, 5) is 20.5. The zero-order valence-electron chi connectivity index (χ0n) is 13.1. The van der Waals surface area contributed by atoms with Crippen LogP contribution in [0.3, 0.4) is 0 Å². The maximum atomic E-state index is 12.9. The van der Waals surface area contributed by atoms with Crippen LogP contribution in [0.4, 0.5) is 14.5 Å². The van der Waals surface area contributed by atoms with Crippen molar-refractivity contribution >= 4 is 11.6 Å². The molecule has 0 aliphatic carbocycles. The lowest BCUT2D eigenvalue weighted by atomic mass is 9.94. The zero-order chi connectivity index (χ0) is 16.4. The summed E-state index contributed by atoms with van der Waals surface area (Å²) in [5.74, 6) is 0.406. The number of carbonyl (C=O) groups excluding carboxylic acids is 1. The van der Waals surface area contributed by atoms with Crippen molar-refractivity contribution < 1.29 is 18.3 Å². The molecule has 3 heterocycles. The number of likely N-dealkylation sites (tertiary alicyclic amines) is 1. The highest BCUT2D eigenvalue weighted by molar-refractivity contribution is 5.96. The van der Waals surface area contributed by atoms with Gasteiger partial charge < -0.3 is 9.64 Å². The van der Waals surface area contributed by atoms with Crippen molar-refractivity contribution in [3.8, 4) is 5.88 Å². The number of alkyl halides is 2. The van der Waals surface area contributed by atoms with E-state index in [2.05, 4.69) is 4.98 Å². The highest BCUT2D eigenvalue weighted by Crippen LogP contribution is 2.33. The summed E-state index contributed by atoms with van der Waals surface area (Å²) < 4.78 is 30.5. The van der Waals surface area contributed by atoms with E-state index >= 15 is 0 Å². The van der Waals surface area contributed by atoms with Gasteiger partial charge in [-0.25, -0.2) is 13.8 Å². The van der Waals surface area contributed by atoms with Gasteiger partial charge in [0.2, 0.25) is 11.8 Å². The Morgan fingerprint density at radius 2 is 2.17 bits per heavy atom. The maximum absolute atomic E-state index is 12.9. The molecule has 1 aromatic rings. The van der Waals surface area contributed by atoms with E-state index in [1.807, 2.05) is 13.0 Å². The Balaban J connectivity index is 1.67. The Kier molecular flexibility index (Phi) is 4.75. The molecule has 5 nitrogen and oxygen atoms in total. The summed E-state index contributed by atoms with van der Waals surface area (Å²) in [5, 5.41) is 0. The molecule has 1 atom stereocenters. The molecule has 1 amide bonds. The molecule has 2 aliphatic heterocycles. The molecule has 1 saturated heterocycles. The van der Waals surface area contributed by atoms with Gasteiger partial charge in [-0.3, -0.25) is 9.69 Å². The third-order valence-corrected chi connectivity index (χ3v) is 4.39. The minimum atomic E-state index is -2.32. The molecule has 0 spiro atoms. The molecule has 1 aromatic heterocycles. The smallest absolute Gasteiger partial charge is 0.251 e. The van der Waals surface area contributed by atoms with Crippen LogP contribution in [0.5, 0.6) is 5.88 Å². The lowest BCUT2D eigenvalue weighted by Gasteiger charge is -2.37. The summed E-state index contributed by atoms with van der Waals surface area (Å²) in [5.41, 5.74) is 0.700. The van der Waals surface area contributed by atoms with Crippen LogP contribution < -0.4 is 9.64 Å². The summed E-state index contributed by atoms with van der Waals surface area (Å²) in [6, 6.07) is 3.61. The molecule has 1 fully saturated rings. The van der Waals surface area contributed by atoms with Gasteiger partial charge >= 0.3 is 0 Å². The van der Waals surface area contributed by atoms with Crippen molar-refractivity contribution in [2.45, 2.75) is 32.3 Å². The monoisotopic (exact) mass is 325 g/mol. The van der Waals surface area contributed by atoms with Crippen LogP contribution in [0.2, 0.25) is 0 Å². The van der Waals surface area contributed by atoms with Crippen LogP contribution in [0.25, 0.3) is 0 Å². The van der Waals surface area contributed by atoms with Gasteiger partial charge in [-0.05, 0) is 45.0 Å². The van der Waals surface area contributed by atoms with Gasteiger partial charge in [-0.1, -0.05) is 0 Å². The predicted molar refractivity (Wildman–Crippen MR) is 81.8 cm³/mol. The lowest BCUT2D eigenvalue weighted by molar-refractivity contribution is -0.124. The van der Waals surface area contributed by atoms with E-state index in [0.717, 1.165) is 0 Å². The molecule has 0 unspecified atom stereocenters. The molecule has 0 radical (unpaired) electrons. The summed E-state index contributed by atoms with van der Waals surface area (Å²) in [6.45, 7) is 3.28. The Labute approximate surface area is 134 Å². The van der Waals surface area contributed by atoms with Crippen LogP contribution in [0, 0.1) is 5.92 Å². The maximum Gasteiger partial charge on any atom is 0.251 e. The number of piperidine rings is 1. The fraction of sp³-hybridized carbons (Fsp3) is 0.625. The Morgan fingerprint density at radius 1 is 1.43 bits per heavy atom. The first-order valence-corrected chi connectivity index (χ1v) is 7.98. The van der Waals surface area contributed by atoms with Crippen molar-refractivity contribution in [3.05, 3.63) is 18.3 Å². The average Bonchev–Trinajstić information content (AvgIpc) is 2.53. The van der Waals surface area contributed by atoms with E-state index in [-0.39, 0.29) is 24.5 Å². The van der Waals surface area contributed by atoms with Crippen LogP contribution in [0.1, 0.15) is 19.8 Å². The van der Waals surface area contributed by atoms with Crippen LogP contribution in [-0.2, 0) is 4.79 Å². The molecule has 126 valence electrons. The standard InChI is InChI=1S/C16H21F2N3O2/c1-11-9-21(13-3-2-6-19-15(13)23-11)16(22)12-4-7-20(8-5-12)10-14(17)18/h2-3,6,11-12,14H,4-5,7-10H2,1H3/t11-/m0/s1. The molecule has 2 aliphatic rings.